The van der Waals surface area contributed by atoms with Gasteiger partial charge in [0.1, 0.15) is 17.7 Å². The van der Waals surface area contributed by atoms with Gasteiger partial charge in [0.05, 0.1) is 6.61 Å². The van der Waals surface area contributed by atoms with E-state index in [2.05, 4.69) is 4.18 Å². The lowest BCUT2D eigenvalue weighted by Crippen LogP contribution is -2.26. The summed E-state index contributed by atoms with van der Waals surface area (Å²) in [6.45, 7) is -0.0126. The lowest BCUT2D eigenvalue weighted by molar-refractivity contribution is -0.0530. The maximum atomic E-state index is 12.8. The lowest BCUT2D eigenvalue weighted by atomic mass is 10.1. The van der Waals surface area contributed by atoms with Crippen molar-refractivity contribution in [2.75, 3.05) is 6.61 Å². The monoisotopic (exact) mass is 326 g/mol. The predicted molar refractivity (Wildman–Crippen MR) is 63.9 cm³/mol. The second kappa shape index (κ2) is 5.64. The highest BCUT2D eigenvalue weighted by atomic mass is 32.2. The molecule has 1 aromatic rings. The highest BCUT2D eigenvalue weighted by Crippen LogP contribution is 2.31. The third kappa shape index (κ3) is 3.73. The molecule has 1 atom stereocenters. The molecule has 2 rings (SSSR count). The predicted octanol–water partition coefficient (Wildman–Crippen LogP) is 3.04. The minimum Gasteiger partial charge on any atom is -0.381 e. The van der Waals surface area contributed by atoms with Crippen LogP contribution in [0.25, 0.3) is 0 Å². The molecular weight excluding hydrogens is 316 g/mol. The molecule has 0 bridgehead atoms. The van der Waals surface area contributed by atoms with Crippen LogP contribution >= 0.6 is 0 Å². The molecule has 1 aliphatic heterocycles. The molecule has 4 nitrogen and oxygen atoms in total. The van der Waals surface area contributed by atoms with Gasteiger partial charge < -0.3 is 8.92 Å². The van der Waals surface area contributed by atoms with E-state index >= 15 is 0 Å². The number of rotatable bonds is 3. The smallest absolute Gasteiger partial charge is 0.381 e. The molecule has 1 heterocycles. The molecule has 116 valence electrons. The largest absolute Gasteiger partial charge is 0.534 e. The molecular formula is C12H10F4O4S. The van der Waals surface area contributed by atoms with Crippen LogP contribution < -0.4 is 0 Å². The van der Waals surface area contributed by atoms with Crippen molar-refractivity contribution in [3.05, 3.63) is 47.5 Å². The molecule has 0 saturated heterocycles. The molecule has 1 aliphatic rings. The van der Waals surface area contributed by atoms with Crippen LogP contribution in [0.15, 0.2) is 36.1 Å². The Hall–Kier alpha value is -1.61. The van der Waals surface area contributed by atoms with Crippen LogP contribution in [-0.2, 0) is 19.0 Å². The molecule has 9 heteroatoms. The summed E-state index contributed by atoms with van der Waals surface area (Å²) >= 11 is 0. The van der Waals surface area contributed by atoms with Gasteiger partial charge in [-0.1, -0.05) is 12.1 Å². The Kier molecular flexibility index (Phi) is 4.24. The molecule has 0 aliphatic carbocycles. The van der Waals surface area contributed by atoms with Crippen molar-refractivity contribution in [3.63, 3.8) is 0 Å². The molecule has 0 amide bonds. The Morgan fingerprint density at radius 2 is 1.81 bits per heavy atom. The zero-order chi connectivity index (χ0) is 15.7. The molecule has 0 radical (unpaired) electrons. The van der Waals surface area contributed by atoms with Gasteiger partial charge >= 0.3 is 15.6 Å². The van der Waals surface area contributed by atoms with Crippen molar-refractivity contribution in [2.24, 2.45) is 0 Å². The van der Waals surface area contributed by atoms with Gasteiger partial charge in [-0.3, -0.25) is 0 Å². The van der Waals surface area contributed by atoms with Gasteiger partial charge in [0.25, 0.3) is 0 Å². The summed E-state index contributed by atoms with van der Waals surface area (Å²) in [4.78, 5) is 0. The van der Waals surface area contributed by atoms with Crippen LogP contribution in [0.2, 0.25) is 0 Å². The number of alkyl halides is 3. The minimum absolute atomic E-state index is 0.0126. The Balaban J connectivity index is 2.20. The van der Waals surface area contributed by atoms with Gasteiger partial charge in [0, 0.05) is 6.42 Å². The van der Waals surface area contributed by atoms with Gasteiger partial charge in [-0.25, -0.2) is 4.39 Å². The third-order valence-electron chi connectivity index (χ3n) is 2.68. The van der Waals surface area contributed by atoms with Crippen LogP contribution in [-0.4, -0.2) is 20.5 Å². The number of benzene rings is 1. The van der Waals surface area contributed by atoms with Gasteiger partial charge in [-0.15, -0.1) is 0 Å². The van der Waals surface area contributed by atoms with Gasteiger partial charge in [0.2, 0.25) is 0 Å². The first kappa shape index (κ1) is 15.8. The Labute approximate surface area is 118 Å². The van der Waals surface area contributed by atoms with E-state index in [1.54, 1.807) is 0 Å². The SMILES string of the molecule is O=S(=O)(OC1=CC(c2ccc(F)cc2)OCC1)C(F)(F)F. The highest BCUT2D eigenvalue weighted by Gasteiger charge is 2.49. The summed E-state index contributed by atoms with van der Waals surface area (Å²) in [5, 5.41) is 0. The van der Waals surface area contributed by atoms with Gasteiger partial charge in [-0.2, -0.15) is 21.6 Å². The third-order valence-corrected chi connectivity index (χ3v) is 3.68. The minimum atomic E-state index is -5.69. The van der Waals surface area contributed by atoms with E-state index in [9.17, 15) is 26.0 Å². The molecule has 0 spiro atoms. The second-order valence-corrected chi connectivity index (χ2v) is 5.75. The summed E-state index contributed by atoms with van der Waals surface area (Å²) < 4.78 is 80.7. The van der Waals surface area contributed by atoms with Crippen molar-refractivity contribution in [2.45, 2.75) is 18.0 Å². The molecule has 0 N–H and O–H groups in total. The average Bonchev–Trinajstić information content (AvgIpc) is 2.38. The van der Waals surface area contributed by atoms with Crippen LogP contribution in [0, 0.1) is 5.82 Å². The molecule has 1 unspecified atom stereocenters. The standard InChI is InChI=1S/C12H10F4O4S/c13-9-3-1-8(2-4-9)11-7-10(5-6-19-11)20-21(17,18)12(14,15)16/h1-4,7,11H,5-6H2. The maximum Gasteiger partial charge on any atom is 0.534 e. The first-order valence-electron chi connectivity index (χ1n) is 5.77. The van der Waals surface area contributed by atoms with Crippen molar-refractivity contribution in [1.82, 2.24) is 0 Å². The van der Waals surface area contributed by atoms with Crippen LogP contribution in [0.3, 0.4) is 0 Å². The van der Waals surface area contributed by atoms with E-state index in [4.69, 9.17) is 4.74 Å². The summed E-state index contributed by atoms with van der Waals surface area (Å²) in [7, 11) is -5.69. The van der Waals surface area contributed by atoms with Crippen LogP contribution in [0.1, 0.15) is 18.1 Å². The zero-order valence-corrected chi connectivity index (χ0v) is 11.2. The van der Waals surface area contributed by atoms with E-state index in [0.717, 1.165) is 18.2 Å². The fourth-order valence-electron chi connectivity index (χ4n) is 1.69. The maximum absolute atomic E-state index is 12.8. The van der Waals surface area contributed by atoms with Crippen molar-refractivity contribution < 1.29 is 34.9 Å². The van der Waals surface area contributed by atoms with Crippen molar-refractivity contribution >= 4 is 10.1 Å². The second-order valence-electron chi connectivity index (χ2n) is 4.21. The highest BCUT2D eigenvalue weighted by molar-refractivity contribution is 7.87. The number of hydrogen-bond donors (Lipinski definition) is 0. The number of hydrogen-bond acceptors (Lipinski definition) is 4. The molecule has 0 saturated carbocycles. The normalized spacial score (nSPS) is 20.0. The van der Waals surface area contributed by atoms with E-state index in [1.807, 2.05) is 0 Å². The summed E-state index contributed by atoms with van der Waals surface area (Å²) in [5.74, 6) is -0.831. The fourth-order valence-corrected chi connectivity index (χ4v) is 2.20. The van der Waals surface area contributed by atoms with E-state index in [1.165, 1.54) is 12.1 Å². The van der Waals surface area contributed by atoms with Crippen molar-refractivity contribution in [3.8, 4) is 0 Å². The first-order chi connectivity index (χ1) is 9.69. The van der Waals surface area contributed by atoms with E-state index in [-0.39, 0.29) is 18.8 Å². The molecule has 0 aromatic heterocycles. The molecule has 21 heavy (non-hydrogen) atoms. The summed E-state index contributed by atoms with van der Waals surface area (Å²) in [6.07, 6.45) is 0.227. The topological polar surface area (TPSA) is 52.6 Å². The Morgan fingerprint density at radius 3 is 2.38 bits per heavy atom. The molecule has 0 fully saturated rings. The first-order valence-corrected chi connectivity index (χ1v) is 7.18. The number of halogens is 4. The van der Waals surface area contributed by atoms with Gasteiger partial charge in [-0.05, 0) is 23.8 Å². The van der Waals surface area contributed by atoms with Gasteiger partial charge in [0.15, 0.2) is 0 Å². The summed E-state index contributed by atoms with van der Waals surface area (Å²) in [5.41, 5.74) is -5.01. The van der Waals surface area contributed by atoms with E-state index in [0.29, 0.717) is 5.56 Å². The Bertz CT molecular complexity index is 634. The number of ether oxygens (including phenoxy) is 1. The van der Waals surface area contributed by atoms with Crippen LogP contribution in [0.4, 0.5) is 17.6 Å². The fraction of sp³-hybridized carbons (Fsp3) is 0.333. The zero-order valence-electron chi connectivity index (χ0n) is 10.4. The quantitative estimate of drug-likeness (QED) is 0.487. The molecule has 1 aromatic carbocycles. The van der Waals surface area contributed by atoms with Crippen LogP contribution in [0.5, 0.6) is 0 Å². The lowest BCUT2D eigenvalue weighted by Gasteiger charge is -2.22. The Morgan fingerprint density at radius 1 is 1.19 bits per heavy atom. The van der Waals surface area contributed by atoms with E-state index < -0.39 is 27.5 Å². The van der Waals surface area contributed by atoms with Crippen molar-refractivity contribution in [1.29, 1.82) is 0 Å². The summed E-state index contributed by atoms with van der Waals surface area (Å²) in [6, 6.07) is 5.09. The average molecular weight is 326 g/mol.